The van der Waals surface area contributed by atoms with E-state index in [4.69, 9.17) is 0 Å². The van der Waals surface area contributed by atoms with Crippen LogP contribution in [0.15, 0.2) is 30.3 Å². The summed E-state index contributed by atoms with van der Waals surface area (Å²) in [6, 6.07) is 10.5. The first-order chi connectivity index (χ1) is 8.14. The standard InChI is InChI=1S/C15H25NO/c1-4-16-15(10-11-17,12-13(2)3)14-8-6-5-7-9-14/h5-9,13,16-17H,4,10-12H2,1-3H3. The fourth-order valence-corrected chi connectivity index (χ4v) is 2.61. The molecule has 1 unspecified atom stereocenters. The minimum absolute atomic E-state index is 0.0844. The van der Waals surface area contributed by atoms with Crippen LogP contribution in [0, 0.1) is 5.92 Å². The molecule has 0 aliphatic carbocycles. The van der Waals surface area contributed by atoms with E-state index in [2.05, 4.69) is 50.4 Å². The Morgan fingerprint density at radius 1 is 1.24 bits per heavy atom. The number of aliphatic hydroxyl groups is 1. The monoisotopic (exact) mass is 235 g/mol. The predicted molar refractivity (Wildman–Crippen MR) is 73.0 cm³/mol. The highest BCUT2D eigenvalue weighted by atomic mass is 16.3. The maximum absolute atomic E-state index is 9.36. The molecule has 0 saturated heterocycles. The quantitative estimate of drug-likeness (QED) is 0.761. The maximum Gasteiger partial charge on any atom is 0.0458 e. The molecule has 0 aromatic heterocycles. The average molecular weight is 235 g/mol. The first kappa shape index (κ1) is 14.2. The summed E-state index contributed by atoms with van der Waals surface area (Å²) in [7, 11) is 0. The van der Waals surface area contributed by atoms with E-state index in [-0.39, 0.29) is 12.1 Å². The van der Waals surface area contributed by atoms with Crippen LogP contribution in [-0.2, 0) is 5.54 Å². The van der Waals surface area contributed by atoms with Crippen molar-refractivity contribution in [2.45, 2.75) is 39.2 Å². The summed E-state index contributed by atoms with van der Waals surface area (Å²) < 4.78 is 0. The van der Waals surface area contributed by atoms with Crippen LogP contribution < -0.4 is 5.32 Å². The molecule has 1 rings (SSSR count). The van der Waals surface area contributed by atoms with Gasteiger partial charge in [-0.2, -0.15) is 0 Å². The van der Waals surface area contributed by atoms with Gasteiger partial charge < -0.3 is 10.4 Å². The molecule has 0 saturated carbocycles. The van der Waals surface area contributed by atoms with Crippen LogP contribution >= 0.6 is 0 Å². The lowest BCUT2D eigenvalue weighted by Gasteiger charge is -2.36. The molecule has 2 nitrogen and oxygen atoms in total. The maximum atomic E-state index is 9.36. The summed E-state index contributed by atoms with van der Waals surface area (Å²) in [6.45, 7) is 7.71. The van der Waals surface area contributed by atoms with E-state index < -0.39 is 0 Å². The molecule has 0 amide bonds. The van der Waals surface area contributed by atoms with E-state index in [1.807, 2.05) is 6.07 Å². The van der Waals surface area contributed by atoms with Crippen molar-refractivity contribution in [2.75, 3.05) is 13.2 Å². The van der Waals surface area contributed by atoms with Gasteiger partial charge in [-0.1, -0.05) is 51.1 Å². The molecular weight excluding hydrogens is 210 g/mol. The molecule has 0 aliphatic rings. The van der Waals surface area contributed by atoms with Gasteiger partial charge in [0.1, 0.15) is 0 Å². The Bertz CT molecular complexity index is 302. The van der Waals surface area contributed by atoms with Gasteiger partial charge in [0, 0.05) is 12.1 Å². The van der Waals surface area contributed by atoms with Gasteiger partial charge >= 0.3 is 0 Å². The van der Waals surface area contributed by atoms with Crippen molar-refractivity contribution in [1.82, 2.24) is 5.32 Å². The fraction of sp³-hybridized carbons (Fsp3) is 0.600. The number of nitrogens with one attached hydrogen (secondary N) is 1. The lowest BCUT2D eigenvalue weighted by atomic mass is 9.80. The number of benzene rings is 1. The van der Waals surface area contributed by atoms with Crippen LogP contribution in [0.2, 0.25) is 0 Å². The van der Waals surface area contributed by atoms with Crippen molar-refractivity contribution < 1.29 is 5.11 Å². The van der Waals surface area contributed by atoms with E-state index in [0.29, 0.717) is 5.92 Å². The third kappa shape index (κ3) is 3.83. The second kappa shape index (κ2) is 6.77. The third-order valence-corrected chi connectivity index (χ3v) is 3.14. The molecule has 0 radical (unpaired) electrons. The largest absolute Gasteiger partial charge is 0.396 e. The van der Waals surface area contributed by atoms with Crippen molar-refractivity contribution in [3.8, 4) is 0 Å². The molecule has 1 atom stereocenters. The second-order valence-corrected chi connectivity index (χ2v) is 5.05. The van der Waals surface area contributed by atoms with E-state index in [1.54, 1.807) is 0 Å². The van der Waals surface area contributed by atoms with Gasteiger partial charge in [-0.05, 0) is 30.9 Å². The molecular formula is C15H25NO. The molecule has 17 heavy (non-hydrogen) atoms. The van der Waals surface area contributed by atoms with Crippen LogP contribution in [0.4, 0.5) is 0 Å². The molecule has 0 heterocycles. The Balaban J connectivity index is 3.04. The highest BCUT2D eigenvalue weighted by Gasteiger charge is 2.31. The molecule has 0 aliphatic heterocycles. The third-order valence-electron chi connectivity index (χ3n) is 3.14. The Kier molecular flexibility index (Phi) is 5.66. The van der Waals surface area contributed by atoms with Gasteiger partial charge in [-0.15, -0.1) is 0 Å². The number of aliphatic hydroxyl groups excluding tert-OH is 1. The molecule has 0 bridgehead atoms. The molecule has 0 spiro atoms. The molecule has 2 heteroatoms. The molecule has 0 fully saturated rings. The molecule has 2 N–H and O–H groups in total. The second-order valence-electron chi connectivity index (χ2n) is 5.05. The highest BCUT2D eigenvalue weighted by molar-refractivity contribution is 5.24. The Morgan fingerprint density at radius 2 is 1.88 bits per heavy atom. The Labute approximate surface area is 105 Å². The van der Waals surface area contributed by atoms with Crippen molar-refractivity contribution >= 4 is 0 Å². The van der Waals surface area contributed by atoms with Gasteiger partial charge in [0.2, 0.25) is 0 Å². The zero-order chi connectivity index (χ0) is 12.7. The van der Waals surface area contributed by atoms with E-state index in [1.165, 1.54) is 5.56 Å². The first-order valence-electron chi connectivity index (χ1n) is 6.56. The normalized spacial score (nSPS) is 14.9. The molecule has 96 valence electrons. The van der Waals surface area contributed by atoms with E-state index in [9.17, 15) is 5.11 Å². The first-order valence-corrected chi connectivity index (χ1v) is 6.56. The van der Waals surface area contributed by atoms with Gasteiger partial charge in [0.25, 0.3) is 0 Å². The van der Waals surface area contributed by atoms with Crippen molar-refractivity contribution in [2.24, 2.45) is 5.92 Å². The minimum atomic E-state index is -0.0844. The smallest absolute Gasteiger partial charge is 0.0458 e. The van der Waals surface area contributed by atoms with Crippen LogP contribution in [0.3, 0.4) is 0 Å². The summed E-state index contributed by atoms with van der Waals surface area (Å²) in [5, 5.41) is 12.9. The summed E-state index contributed by atoms with van der Waals surface area (Å²) in [5.41, 5.74) is 1.20. The van der Waals surface area contributed by atoms with Crippen LogP contribution in [0.1, 0.15) is 39.2 Å². The van der Waals surface area contributed by atoms with Crippen LogP contribution in [0.25, 0.3) is 0 Å². The van der Waals surface area contributed by atoms with Gasteiger partial charge in [0.15, 0.2) is 0 Å². The lowest BCUT2D eigenvalue weighted by Crippen LogP contribution is -2.44. The van der Waals surface area contributed by atoms with Crippen LogP contribution in [0.5, 0.6) is 0 Å². The number of hydrogen-bond acceptors (Lipinski definition) is 2. The zero-order valence-electron chi connectivity index (χ0n) is 11.2. The minimum Gasteiger partial charge on any atom is -0.396 e. The highest BCUT2D eigenvalue weighted by Crippen LogP contribution is 2.31. The topological polar surface area (TPSA) is 32.3 Å². The predicted octanol–water partition coefficient (Wildman–Crippen LogP) is 2.92. The lowest BCUT2D eigenvalue weighted by molar-refractivity contribution is 0.186. The van der Waals surface area contributed by atoms with Gasteiger partial charge in [0.05, 0.1) is 0 Å². The summed E-state index contributed by atoms with van der Waals surface area (Å²) in [6.07, 6.45) is 1.81. The number of hydrogen-bond donors (Lipinski definition) is 2. The average Bonchev–Trinajstić information content (AvgIpc) is 2.30. The Morgan fingerprint density at radius 3 is 2.35 bits per heavy atom. The summed E-state index contributed by atoms with van der Waals surface area (Å²) in [4.78, 5) is 0. The van der Waals surface area contributed by atoms with Crippen molar-refractivity contribution in [3.63, 3.8) is 0 Å². The van der Waals surface area contributed by atoms with E-state index in [0.717, 1.165) is 19.4 Å². The summed E-state index contributed by atoms with van der Waals surface area (Å²) >= 11 is 0. The zero-order valence-corrected chi connectivity index (χ0v) is 11.2. The molecule has 1 aromatic carbocycles. The fourth-order valence-electron chi connectivity index (χ4n) is 2.61. The van der Waals surface area contributed by atoms with E-state index >= 15 is 0 Å². The van der Waals surface area contributed by atoms with Gasteiger partial charge in [-0.25, -0.2) is 0 Å². The SMILES string of the molecule is CCNC(CCO)(CC(C)C)c1ccccc1. The Hall–Kier alpha value is -0.860. The van der Waals surface area contributed by atoms with Crippen molar-refractivity contribution in [1.29, 1.82) is 0 Å². The van der Waals surface area contributed by atoms with Crippen LogP contribution in [-0.4, -0.2) is 18.3 Å². The van der Waals surface area contributed by atoms with Gasteiger partial charge in [-0.3, -0.25) is 0 Å². The van der Waals surface area contributed by atoms with Crippen molar-refractivity contribution in [3.05, 3.63) is 35.9 Å². The summed E-state index contributed by atoms with van der Waals surface area (Å²) in [5.74, 6) is 0.598. The number of rotatable bonds is 7. The molecule has 1 aromatic rings.